The molecule has 36 heavy (non-hydrogen) atoms. The number of anilines is 1. The van der Waals surface area contributed by atoms with Gasteiger partial charge in [0.15, 0.2) is 0 Å². The Hall–Kier alpha value is -3.12. The molecule has 192 valence electrons. The van der Waals surface area contributed by atoms with E-state index in [1.165, 1.54) is 52.8 Å². The molecule has 0 atom stereocenters. The maximum Gasteiger partial charge on any atom is 0.243 e. The van der Waals surface area contributed by atoms with Crippen LogP contribution in [-0.2, 0) is 31.4 Å². The first-order valence-electron chi connectivity index (χ1n) is 11.3. The molecule has 0 saturated carbocycles. The molecule has 0 aliphatic carbocycles. The number of hydrogen-bond donors (Lipinski definition) is 1. The number of nitrogens with zero attached hydrogens (tertiary/aromatic N) is 2. The average molecular weight is 534 g/mol. The molecule has 8 nitrogen and oxygen atoms in total. The van der Waals surface area contributed by atoms with Gasteiger partial charge in [0.2, 0.25) is 26.0 Å². The van der Waals surface area contributed by atoms with Crippen LogP contribution in [0.3, 0.4) is 0 Å². The summed E-state index contributed by atoms with van der Waals surface area (Å²) in [6.07, 6.45) is 0. The van der Waals surface area contributed by atoms with E-state index in [1.807, 2.05) is 0 Å². The number of carbonyl (C=O) groups is 1. The minimum absolute atomic E-state index is 0.0305. The summed E-state index contributed by atoms with van der Waals surface area (Å²) in [7, 11) is -7.98. The van der Waals surface area contributed by atoms with Crippen molar-refractivity contribution < 1.29 is 26.0 Å². The van der Waals surface area contributed by atoms with Gasteiger partial charge in [-0.25, -0.2) is 21.2 Å². The summed E-state index contributed by atoms with van der Waals surface area (Å²) in [5, 5.41) is 2.66. The molecule has 0 aliphatic heterocycles. The molecule has 0 heterocycles. The van der Waals surface area contributed by atoms with Gasteiger partial charge in [-0.1, -0.05) is 44.2 Å². The number of para-hydroxylation sites is 1. The van der Waals surface area contributed by atoms with Crippen LogP contribution in [0.15, 0.2) is 88.7 Å². The lowest BCUT2D eigenvalue weighted by Gasteiger charge is -2.23. The molecule has 1 amide bonds. The van der Waals surface area contributed by atoms with E-state index in [1.54, 1.807) is 44.2 Å². The van der Waals surface area contributed by atoms with Crippen LogP contribution in [0.4, 0.5) is 10.1 Å². The molecule has 0 saturated heterocycles. The van der Waals surface area contributed by atoms with E-state index in [4.69, 9.17) is 0 Å². The van der Waals surface area contributed by atoms with Gasteiger partial charge >= 0.3 is 0 Å². The molecule has 0 radical (unpaired) electrons. The smallest absolute Gasteiger partial charge is 0.243 e. The third-order valence-electron chi connectivity index (χ3n) is 5.45. The highest BCUT2D eigenvalue weighted by Crippen LogP contribution is 2.23. The van der Waals surface area contributed by atoms with Crippen molar-refractivity contribution in [2.45, 2.75) is 30.2 Å². The number of carbonyl (C=O) groups excluding carboxylic acids is 1. The van der Waals surface area contributed by atoms with E-state index in [0.29, 0.717) is 11.3 Å². The van der Waals surface area contributed by atoms with Crippen LogP contribution in [0.2, 0.25) is 0 Å². The SMILES string of the molecule is CCN(CC)S(=O)(=O)c1ccc(S(=O)(=O)N(CC(=O)Nc2ccccc2)Cc2ccc(F)cc2)cc1. The molecule has 0 aliphatic rings. The minimum atomic E-state index is -4.22. The van der Waals surface area contributed by atoms with Gasteiger partial charge in [0.05, 0.1) is 16.3 Å². The topological polar surface area (TPSA) is 104 Å². The standard InChI is InChI=1S/C25H28FN3O5S2/c1-3-28(4-2)35(31,32)23-14-16-24(17-15-23)36(33,34)29(18-20-10-12-21(26)13-11-20)19-25(30)27-22-8-6-5-7-9-22/h5-17H,3-4,18-19H2,1-2H3,(H,27,30). The van der Waals surface area contributed by atoms with E-state index in [9.17, 15) is 26.0 Å². The molecular weight excluding hydrogens is 505 g/mol. The van der Waals surface area contributed by atoms with Crippen LogP contribution in [-0.4, -0.2) is 51.0 Å². The number of amides is 1. The maximum absolute atomic E-state index is 13.5. The van der Waals surface area contributed by atoms with E-state index in [-0.39, 0.29) is 29.4 Å². The molecule has 3 rings (SSSR count). The fraction of sp³-hybridized carbons (Fsp3) is 0.240. The monoisotopic (exact) mass is 533 g/mol. The van der Waals surface area contributed by atoms with Crippen LogP contribution in [0.25, 0.3) is 0 Å². The Morgan fingerprint density at radius 3 is 1.75 bits per heavy atom. The Labute approximate surface area is 211 Å². The van der Waals surface area contributed by atoms with Crippen molar-refractivity contribution in [3.8, 4) is 0 Å². The fourth-order valence-electron chi connectivity index (χ4n) is 3.55. The lowest BCUT2D eigenvalue weighted by Crippen LogP contribution is -2.37. The summed E-state index contributed by atoms with van der Waals surface area (Å²) in [4.78, 5) is 12.5. The number of nitrogens with one attached hydrogen (secondary N) is 1. The number of rotatable bonds is 11. The number of hydrogen-bond acceptors (Lipinski definition) is 5. The van der Waals surface area contributed by atoms with Gasteiger partial charge in [-0.05, 0) is 54.1 Å². The quantitative estimate of drug-likeness (QED) is 0.405. The van der Waals surface area contributed by atoms with Crippen LogP contribution >= 0.6 is 0 Å². The van der Waals surface area contributed by atoms with E-state index >= 15 is 0 Å². The highest BCUT2D eigenvalue weighted by Gasteiger charge is 2.28. The van der Waals surface area contributed by atoms with Crippen molar-refractivity contribution in [1.82, 2.24) is 8.61 Å². The van der Waals surface area contributed by atoms with E-state index in [2.05, 4.69) is 5.32 Å². The lowest BCUT2D eigenvalue weighted by molar-refractivity contribution is -0.116. The molecule has 3 aromatic rings. The third-order valence-corrected chi connectivity index (χ3v) is 9.32. The first kappa shape index (κ1) is 27.5. The molecule has 11 heteroatoms. The summed E-state index contributed by atoms with van der Waals surface area (Å²) in [5.74, 6) is -1.03. The second-order valence-electron chi connectivity index (χ2n) is 7.87. The average Bonchev–Trinajstić information content (AvgIpc) is 2.86. The number of benzene rings is 3. The summed E-state index contributed by atoms with van der Waals surface area (Å²) in [6, 6.07) is 18.8. The molecular formula is C25H28FN3O5S2. The van der Waals surface area contributed by atoms with Crippen LogP contribution in [0, 0.1) is 5.82 Å². The predicted octanol–water partition coefficient (Wildman–Crippen LogP) is 3.69. The predicted molar refractivity (Wildman–Crippen MR) is 136 cm³/mol. The molecule has 1 N–H and O–H groups in total. The molecule has 0 fully saturated rings. The lowest BCUT2D eigenvalue weighted by atomic mass is 10.2. The van der Waals surface area contributed by atoms with Gasteiger partial charge in [0.25, 0.3) is 0 Å². The summed E-state index contributed by atoms with van der Waals surface area (Å²) in [5.41, 5.74) is 0.987. The zero-order chi connectivity index (χ0) is 26.3. The molecule has 3 aromatic carbocycles. The zero-order valence-corrected chi connectivity index (χ0v) is 21.6. The van der Waals surface area contributed by atoms with Crippen molar-refractivity contribution in [2.24, 2.45) is 0 Å². The van der Waals surface area contributed by atoms with E-state index < -0.39 is 38.3 Å². The zero-order valence-electron chi connectivity index (χ0n) is 20.0. The van der Waals surface area contributed by atoms with Crippen molar-refractivity contribution in [3.05, 3.63) is 90.2 Å². The molecule has 0 aromatic heterocycles. The van der Waals surface area contributed by atoms with Gasteiger partial charge in [-0.15, -0.1) is 0 Å². The largest absolute Gasteiger partial charge is 0.325 e. The Morgan fingerprint density at radius 1 is 0.750 bits per heavy atom. The normalized spacial score (nSPS) is 12.1. The second-order valence-corrected chi connectivity index (χ2v) is 11.8. The fourth-order valence-corrected chi connectivity index (χ4v) is 6.39. The first-order chi connectivity index (χ1) is 17.1. The van der Waals surface area contributed by atoms with Gasteiger partial charge in [-0.2, -0.15) is 8.61 Å². The van der Waals surface area contributed by atoms with Crippen LogP contribution in [0.5, 0.6) is 0 Å². The Kier molecular flexibility index (Phi) is 8.96. The first-order valence-corrected chi connectivity index (χ1v) is 14.2. The minimum Gasteiger partial charge on any atom is -0.325 e. The van der Waals surface area contributed by atoms with Gasteiger partial charge in [0.1, 0.15) is 5.82 Å². The Balaban J connectivity index is 1.91. The highest BCUT2D eigenvalue weighted by atomic mass is 32.2. The Morgan fingerprint density at radius 2 is 1.25 bits per heavy atom. The van der Waals surface area contributed by atoms with Crippen LogP contribution in [0.1, 0.15) is 19.4 Å². The van der Waals surface area contributed by atoms with Crippen molar-refractivity contribution in [3.63, 3.8) is 0 Å². The Bertz CT molecular complexity index is 1380. The van der Waals surface area contributed by atoms with Gasteiger partial charge in [-0.3, -0.25) is 4.79 Å². The van der Waals surface area contributed by atoms with Gasteiger partial charge in [0, 0.05) is 25.3 Å². The highest BCUT2D eigenvalue weighted by molar-refractivity contribution is 7.89. The number of sulfonamides is 2. The maximum atomic E-state index is 13.5. The molecule has 0 spiro atoms. The molecule has 0 bridgehead atoms. The number of halogens is 1. The van der Waals surface area contributed by atoms with Crippen molar-refractivity contribution in [1.29, 1.82) is 0 Å². The third kappa shape index (κ3) is 6.55. The summed E-state index contributed by atoms with van der Waals surface area (Å²) >= 11 is 0. The second kappa shape index (κ2) is 11.7. The van der Waals surface area contributed by atoms with Crippen LogP contribution < -0.4 is 5.32 Å². The van der Waals surface area contributed by atoms with Crippen molar-refractivity contribution in [2.75, 3.05) is 25.0 Å². The van der Waals surface area contributed by atoms with E-state index in [0.717, 1.165) is 4.31 Å². The summed E-state index contributed by atoms with van der Waals surface area (Å²) < 4.78 is 68.1. The molecule has 0 unspecified atom stereocenters. The van der Waals surface area contributed by atoms with Gasteiger partial charge < -0.3 is 5.32 Å². The summed E-state index contributed by atoms with van der Waals surface area (Å²) in [6.45, 7) is 3.29. The van der Waals surface area contributed by atoms with Crippen molar-refractivity contribution >= 4 is 31.6 Å².